The molecule has 9 heteroatoms. The summed E-state index contributed by atoms with van der Waals surface area (Å²) in [5.41, 5.74) is -1.92. The highest BCUT2D eigenvalue weighted by molar-refractivity contribution is 7.13. The second-order valence-electron chi connectivity index (χ2n) is 5.92. The molecule has 0 aromatic carbocycles. The van der Waals surface area contributed by atoms with Crippen LogP contribution in [0.4, 0.5) is 9.52 Å². The maximum Gasteiger partial charge on any atom is 0.265 e. The smallest absolute Gasteiger partial charge is 0.265 e. The fraction of sp³-hybridized carbons (Fsp3) is 0.571. The lowest BCUT2D eigenvalue weighted by Gasteiger charge is -2.18. The standard InChI is InChI=1S/C14H18FN5O2S/c1-9(2)11-17-10(22-19-11)7-20-5-3-14(15,8-20)12(21)18-13-16-4-6-23-13/h4,6,9H,3,5,7-8H2,1-2H3,(H,16,18,21). The van der Waals surface area contributed by atoms with Crippen LogP contribution >= 0.6 is 11.3 Å². The molecule has 1 amide bonds. The number of thiazole rings is 1. The van der Waals surface area contributed by atoms with Crippen molar-refractivity contribution in [2.24, 2.45) is 0 Å². The number of amides is 1. The third kappa shape index (κ3) is 3.56. The van der Waals surface area contributed by atoms with Crippen LogP contribution in [0, 0.1) is 0 Å². The number of rotatable bonds is 5. The fourth-order valence-corrected chi connectivity index (χ4v) is 2.94. The number of likely N-dealkylation sites (tertiary alicyclic amines) is 1. The van der Waals surface area contributed by atoms with E-state index in [2.05, 4.69) is 20.4 Å². The molecule has 1 aliphatic rings. The van der Waals surface area contributed by atoms with Gasteiger partial charge < -0.3 is 4.52 Å². The lowest BCUT2D eigenvalue weighted by Crippen LogP contribution is -2.41. The van der Waals surface area contributed by atoms with Crippen LogP contribution in [-0.4, -0.2) is 44.7 Å². The van der Waals surface area contributed by atoms with Gasteiger partial charge in [0.25, 0.3) is 5.91 Å². The Balaban J connectivity index is 1.59. The van der Waals surface area contributed by atoms with Crippen molar-refractivity contribution in [3.05, 3.63) is 23.3 Å². The Hall–Kier alpha value is -1.87. The Morgan fingerprint density at radius 2 is 2.43 bits per heavy atom. The van der Waals surface area contributed by atoms with Crippen molar-refractivity contribution >= 4 is 22.4 Å². The first-order valence-electron chi connectivity index (χ1n) is 7.41. The van der Waals surface area contributed by atoms with E-state index in [9.17, 15) is 9.18 Å². The van der Waals surface area contributed by atoms with Gasteiger partial charge in [0.15, 0.2) is 11.0 Å². The molecule has 2 aromatic rings. The van der Waals surface area contributed by atoms with Gasteiger partial charge in [0.05, 0.1) is 6.54 Å². The zero-order valence-corrected chi connectivity index (χ0v) is 13.8. The number of nitrogens with zero attached hydrogens (tertiary/aromatic N) is 4. The Morgan fingerprint density at radius 3 is 3.09 bits per heavy atom. The number of hydrogen-bond donors (Lipinski definition) is 1. The van der Waals surface area contributed by atoms with E-state index in [-0.39, 0.29) is 18.9 Å². The summed E-state index contributed by atoms with van der Waals surface area (Å²) < 4.78 is 20.0. The van der Waals surface area contributed by atoms with Crippen LogP contribution in [-0.2, 0) is 11.3 Å². The van der Waals surface area contributed by atoms with Gasteiger partial charge >= 0.3 is 0 Å². The monoisotopic (exact) mass is 339 g/mol. The van der Waals surface area contributed by atoms with Gasteiger partial charge in [-0.25, -0.2) is 9.37 Å². The van der Waals surface area contributed by atoms with E-state index >= 15 is 0 Å². The van der Waals surface area contributed by atoms with Crippen molar-refractivity contribution in [1.29, 1.82) is 0 Å². The highest BCUT2D eigenvalue weighted by Gasteiger charge is 2.45. The molecule has 0 aliphatic carbocycles. The Morgan fingerprint density at radius 1 is 1.61 bits per heavy atom. The molecular weight excluding hydrogens is 321 g/mol. The zero-order chi connectivity index (χ0) is 16.4. The number of nitrogens with one attached hydrogen (secondary N) is 1. The van der Waals surface area contributed by atoms with Gasteiger partial charge in [-0.3, -0.25) is 15.0 Å². The summed E-state index contributed by atoms with van der Waals surface area (Å²) in [7, 11) is 0. The average Bonchev–Trinajstić information content (AvgIpc) is 3.21. The van der Waals surface area contributed by atoms with Crippen molar-refractivity contribution < 1.29 is 13.7 Å². The number of carbonyl (C=O) groups is 1. The minimum Gasteiger partial charge on any atom is -0.338 e. The van der Waals surface area contributed by atoms with Gasteiger partial charge in [0.2, 0.25) is 11.6 Å². The largest absolute Gasteiger partial charge is 0.338 e. The van der Waals surface area contributed by atoms with Crippen molar-refractivity contribution in [2.75, 3.05) is 18.4 Å². The molecule has 0 saturated carbocycles. The molecule has 1 saturated heterocycles. The molecule has 1 N–H and O–H groups in total. The summed E-state index contributed by atoms with van der Waals surface area (Å²) >= 11 is 1.26. The van der Waals surface area contributed by atoms with Gasteiger partial charge in [0.1, 0.15) is 0 Å². The first-order chi connectivity index (χ1) is 11.0. The highest BCUT2D eigenvalue weighted by atomic mass is 32.1. The summed E-state index contributed by atoms with van der Waals surface area (Å²) in [6.45, 7) is 4.75. The Bertz CT molecular complexity index is 675. The molecule has 23 heavy (non-hydrogen) atoms. The summed E-state index contributed by atoms with van der Waals surface area (Å²) in [6, 6.07) is 0. The van der Waals surface area contributed by atoms with Crippen molar-refractivity contribution in [3.63, 3.8) is 0 Å². The highest BCUT2D eigenvalue weighted by Crippen LogP contribution is 2.28. The van der Waals surface area contributed by atoms with Crippen molar-refractivity contribution in [3.8, 4) is 0 Å². The summed E-state index contributed by atoms with van der Waals surface area (Å²) in [6.07, 6.45) is 1.70. The topological polar surface area (TPSA) is 84.2 Å². The normalized spacial score (nSPS) is 21.9. The third-order valence-corrected chi connectivity index (χ3v) is 4.41. The molecule has 3 rings (SSSR count). The van der Waals surface area contributed by atoms with E-state index in [4.69, 9.17) is 4.52 Å². The molecule has 3 heterocycles. The van der Waals surface area contributed by atoms with Crippen LogP contribution in [0.25, 0.3) is 0 Å². The molecule has 1 atom stereocenters. The number of aromatic nitrogens is 3. The number of alkyl halides is 1. The van der Waals surface area contributed by atoms with Gasteiger partial charge in [-0.15, -0.1) is 11.3 Å². The second-order valence-corrected chi connectivity index (χ2v) is 6.81. The first kappa shape index (κ1) is 16.0. The molecule has 1 fully saturated rings. The van der Waals surface area contributed by atoms with Crippen LogP contribution in [0.15, 0.2) is 16.1 Å². The van der Waals surface area contributed by atoms with Crippen LogP contribution in [0.3, 0.4) is 0 Å². The van der Waals surface area contributed by atoms with Crippen LogP contribution < -0.4 is 5.32 Å². The summed E-state index contributed by atoms with van der Waals surface area (Å²) in [5.74, 6) is 0.601. The SMILES string of the molecule is CC(C)c1noc(CN2CCC(F)(C(=O)Nc3nccs3)C2)n1. The van der Waals surface area contributed by atoms with E-state index in [1.165, 1.54) is 11.3 Å². The molecule has 1 unspecified atom stereocenters. The quantitative estimate of drug-likeness (QED) is 0.899. The Labute approximate surface area is 136 Å². The van der Waals surface area contributed by atoms with Gasteiger partial charge in [-0.2, -0.15) is 4.98 Å². The van der Waals surface area contributed by atoms with E-state index in [0.29, 0.717) is 29.9 Å². The molecule has 0 bridgehead atoms. The van der Waals surface area contributed by atoms with Gasteiger partial charge in [0, 0.05) is 37.0 Å². The minimum absolute atomic E-state index is 0.00357. The lowest BCUT2D eigenvalue weighted by molar-refractivity contribution is -0.126. The molecule has 0 radical (unpaired) electrons. The fourth-order valence-electron chi connectivity index (χ4n) is 2.42. The van der Waals surface area contributed by atoms with E-state index in [1.54, 1.807) is 16.5 Å². The molecule has 1 aliphatic heterocycles. The summed E-state index contributed by atoms with van der Waals surface area (Å²) in [4.78, 5) is 22.1. The molecule has 2 aromatic heterocycles. The lowest BCUT2D eigenvalue weighted by atomic mass is 10.1. The van der Waals surface area contributed by atoms with Crippen LogP contribution in [0.5, 0.6) is 0 Å². The molecular formula is C14H18FN5O2S. The first-order valence-corrected chi connectivity index (χ1v) is 8.29. The molecule has 124 valence electrons. The zero-order valence-electron chi connectivity index (χ0n) is 13.0. The maximum atomic E-state index is 14.8. The van der Waals surface area contributed by atoms with Crippen molar-refractivity contribution in [1.82, 2.24) is 20.0 Å². The predicted octanol–water partition coefficient (Wildman–Crippen LogP) is 2.20. The number of hydrogen-bond acceptors (Lipinski definition) is 7. The minimum atomic E-state index is -1.92. The van der Waals surface area contributed by atoms with Gasteiger partial charge in [-0.1, -0.05) is 19.0 Å². The second kappa shape index (κ2) is 6.32. The molecule has 7 nitrogen and oxygen atoms in total. The van der Waals surface area contributed by atoms with Gasteiger partial charge in [-0.05, 0) is 0 Å². The van der Waals surface area contributed by atoms with E-state index in [0.717, 1.165) is 0 Å². The number of halogens is 1. The Kier molecular flexibility index (Phi) is 4.40. The third-order valence-electron chi connectivity index (χ3n) is 3.72. The predicted molar refractivity (Wildman–Crippen MR) is 82.9 cm³/mol. The number of anilines is 1. The van der Waals surface area contributed by atoms with E-state index < -0.39 is 11.6 Å². The average molecular weight is 339 g/mol. The summed E-state index contributed by atoms with van der Waals surface area (Å²) in [5, 5.41) is 8.54. The van der Waals surface area contributed by atoms with Crippen molar-refractivity contribution in [2.45, 2.75) is 38.4 Å². The van der Waals surface area contributed by atoms with Crippen LogP contribution in [0.2, 0.25) is 0 Å². The molecule has 0 spiro atoms. The maximum absolute atomic E-state index is 14.8. The number of carbonyl (C=O) groups excluding carboxylic acids is 1. The van der Waals surface area contributed by atoms with Crippen LogP contribution in [0.1, 0.15) is 37.9 Å². The van der Waals surface area contributed by atoms with E-state index in [1.807, 2.05) is 13.8 Å².